The van der Waals surface area contributed by atoms with Gasteiger partial charge in [0.25, 0.3) is 0 Å². The number of hydrogen-bond donors (Lipinski definition) is 0. The molecule has 3 aromatic carbocycles. The Kier molecular flexibility index (Phi) is 10.2. The van der Waals surface area contributed by atoms with Gasteiger partial charge in [0.2, 0.25) is 0 Å². The second kappa shape index (κ2) is 14.2. The fraction of sp³-hybridized carbons (Fsp3) is 0.412. The SMILES string of the molecule is ICCCCCCOc1ccc(C2=C(c3ccccc3)CCCc3cc(OC4CCCCO4)ccc32)cc1. The fourth-order valence-electron chi connectivity index (χ4n) is 5.51. The van der Waals surface area contributed by atoms with E-state index in [-0.39, 0.29) is 6.29 Å². The molecule has 5 rings (SSSR count). The van der Waals surface area contributed by atoms with Crippen molar-refractivity contribution in [3.05, 3.63) is 95.1 Å². The predicted molar refractivity (Wildman–Crippen MR) is 165 cm³/mol. The van der Waals surface area contributed by atoms with Crippen LogP contribution in [0.4, 0.5) is 0 Å². The van der Waals surface area contributed by atoms with Gasteiger partial charge in [0.15, 0.2) is 6.29 Å². The van der Waals surface area contributed by atoms with Crippen LogP contribution in [0.2, 0.25) is 0 Å². The quantitative estimate of drug-likeness (QED) is 0.121. The first-order chi connectivity index (χ1) is 18.8. The molecule has 1 fully saturated rings. The summed E-state index contributed by atoms with van der Waals surface area (Å²) in [7, 11) is 0. The first-order valence-corrected chi connectivity index (χ1v) is 15.8. The highest BCUT2D eigenvalue weighted by molar-refractivity contribution is 14.1. The third-order valence-corrected chi connectivity index (χ3v) is 8.25. The zero-order chi connectivity index (χ0) is 26.0. The Morgan fingerprint density at radius 3 is 2.37 bits per heavy atom. The van der Waals surface area contributed by atoms with Crippen molar-refractivity contribution in [2.24, 2.45) is 0 Å². The summed E-state index contributed by atoms with van der Waals surface area (Å²) in [6.07, 6.45) is 11.3. The third kappa shape index (κ3) is 7.20. The van der Waals surface area contributed by atoms with E-state index >= 15 is 0 Å². The Balaban J connectivity index is 1.41. The van der Waals surface area contributed by atoms with Crippen LogP contribution in [0.1, 0.15) is 80.0 Å². The van der Waals surface area contributed by atoms with Gasteiger partial charge in [-0.15, -0.1) is 0 Å². The first-order valence-electron chi connectivity index (χ1n) is 14.3. The topological polar surface area (TPSA) is 27.7 Å². The fourth-order valence-corrected chi connectivity index (χ4v) is 6.05. The normalized spacial score (nSPS) is 17.6. The second-order valence-electron chi connectivity index (χ2n) is 10.3. The zero-order valence-electron chi connectivity index (χ0n) is 22.3. The summed E-state index contributed by atoms with van der Waals surface area (Å²) in [5, 5.41) is 0. The van der Waals surface area contributed by atoms with Gasteiger partial charge in [0.05, 0.1) is 13.2 Å². The van der Waals surface area contributed by atoms with Crippen LogP contribution in [0.3, 0.4) is 0 Å². The van der Waals surface area contributed by atoms with Crippen LogP contribution in [-0.4, -0.2) is 23.9 Å². The molecule has 0 aromatic heterocycles. The molecule has 38 heavy (non-hydrogen) atoms. The van der Waals surface area contributed by atoms with Crippen molar-refractivity contribution < 1.29 is 14.2 Å². The van der Waals surface area contributed by atoms with Gasteiger partial charge in [-0.1, -0.05) is 84.0 Å². The van der Waals surface area contributed by atoms with Crippen LogP contribution in [0, 0.1) is 0 Å². The number of ether oxygens (including phenoxy) is 3. The van der Waals surface area contributed by atoms with E-state index in [1.807, 2.05) is 0 Å². The van der Waals surface area contributed by atoms with Crippen LogP contribution in [0.5, 0.6) is 11.5 Å². The Morgan fingerprint density at radius 1 is 0.763 bits per heavy atom. The van der Waals surface area contributed by atoms with Gasteiger partial charge in [0, 0.05) is 6.42 Å². The summed E-state index contributed by atoms with van der Waals surface area (Å²) < 4.78 is 19.4. The maximum absolute atomic E-state index is 6.24. The molecule has 4 heteroatoms. The van der Waals surface area contributed by atoms with Crippen LogP contribution in [0.15, 0.2) is 72.8 Å². The van der Waals surface area contributed by atoms with E-state index in [9.17, 15) is 0 Å². The average Bonchev–Trinajstić information content (AvgIpc) is 3.16. The van der Waals surface area contributed by atoms with Gasteiger partial charge >= 0.3 is 0 Å². The number of alkyl halides is 1. The summed E-state index contributed by atoms with van der Waals surface area (Å²) in [4.78, 5) is 0. The van der Waals surface area contributed by atoms with Crippen LogP contribution < -0.4 is 9.47 Å². The molecule has 0 amide bonds. The molecule has 3 nitrogen and oxygen atoms in total. The Morgan fingerprint density at radius 2 is 1.58 bits per heavy atom. The summed E-state index contributed by atoms with van der Waals surface area (Å²) >= 11 is 2.45. The summed E-state index contributed by atoms with van der Waals surface area (Å²) in [6, 6.07) is 26.2. The summed E-state index contributed by atoms with van der Waals surface area (Å²) in [5.74, 6) is 1.87. The van der Waals surface area contributed by atoms with Gasteiger partial charge in [0.1, 0.15) is 11.5 Å². The van der Waals surface area contributed by atoms with E-state index in [2.05, 4.69) is 95.4 Å². The van der Waals surface area contributed by atoms with Crippen LogP contribution in [0.25, 0.3) is 11.1 Å². The van der Waals surface area contributed by atoms with Crippen LogP contribution >= 0.6 is 22.6 Å². The van der Waals surface area contributed by atoms with Crippen molar-refractivity contribution in [1.82, 2.24) is 0 Å². The van der Waals surface area contributed by atoms with E-state index in [0.29, 0.717) is 0 Å². The highest BCUT2D eigenvalue weighted by atomic mass is 127. The summed E-state index contributed by atoms with van der Waals surface area (Å²) in [5.41, 5.74) is 7.95. The molecule has 0 radical (unpaired) electrons. The van der Waals surface area contributed by atoms with Gasteiger partial charge < -0.3 is 14.2 Å². The maximum atomic E-state index is 6.24. The van der Waals surface area contributed by atoms with Crippen molar-refractivity contribution in [3.63, 3.8) is 0 Å². The van der Waals surface area contributed by atoms with Crippen molar-refractivity contribution in [2.75, 3.05) is 17.6 Å². The lowest BCUT2D eigenvalue weighted by atomic mass is 9.88. The molecule has 1 heterocycles. The van der Waals surface area contributed by atoms with E-state index in [4.69, 9.17) is 14.2 Å². The number of unbranched alkanes of at least 4 members (excludes halogenated alkanes) is 3. The number of halogens is 1. The molecule has 0 N–H and O–H groups in total. The van der Waals surface area contributed by atoms with Crippen molar-refractivity contribution >= 4 is 33.7 Å². The molecule has 1 aliphatic heterocycles. The number of fused-ring (bicyclic) bond motifs is 1. The van der Waals surface area contributed by atoms with Crippen molar-refractivity contribution in [1.29, 1.82) is 0 Å². The van der Waals surface area contributed by atoms with Gasteiger partial charge in [-0.3, -0.25) is 0 Å². The second-order valence-corrected chi connectivity index (χ2v) is 11.4. The van der Waals surface area contributed by atoms with E-state index < -0.39 is 0 Å². The lowest BCUT2D eigenvalue weighted by Gasteiger charge is -2.24. The molecule has 200 valence electrons. The summed E-state index contributed by atoms with van der Waals surface area (Å²) in [6.45, 7) is 1.58. The van der Waals surface area contributed by atoms with E-state index in [0.717, 1.165) is 63.2 Å². The number of aryl methyl sites for hydroxylation is 1. The standard InChI is InChI=1S/C34H39IO3/c35-22-7-1-2-8-23-36-29-18-16-27(17-19-29)34-31(26-11-4-3-5-12-26)14-10-13-28-25-30(20-21-32(28)34)38-33-15-6-9-24-37-33/h3-5,11-12,16-21,25,33H,1-2,6-10,13-15,22-24H2. The smallest absolute Gasteiger partial charge is 0.199 e. The molecule has 1 atom stereocenters. The maximum Gasteiger partial charge on any atom is 0.199 e. The van der Waals surface area contributed by atoms with Crippen molar-refractivity contribution in [2.45, 2.75) is 70.5 Å². The lowest BCUT2D eigenvalue weighted by Crippen LogP contribution is -2.25. The Bertz CT molecular complexity index is 1180. The van der Waals surface area contributed by atoms with Crippen molar-refractivity contribution in [3.8, 4) is 11.5 Å². The molecule has 0 saturated carbocycles. The number of hydrogen-bond acceptors (Lipinski definition) is 3. The average molecular weight is 623 g/mol. The van der Waals surface area contributed by atoms with Crippen LogP contribution in [-0.2, 0) is 11.2 Å². The molecule has 0 bridgehead atoms. The highest BCUT2D eigenvalue weighted by Crippen LogP contribution is 2.41. The van der Waals surface area contributed by atoms with Gasteiger partial charge in [-0.05, 0) is 107 Å². The minimum Gasteiger partial charge on any atom is -0.494 e. The molecule has 3 aromatic rings. The molecule has 0 spiro atoms. The Hall–Kier alpha value is -2.31. The van der Waals surface area contributed by atoms with Gasteiger partial charge in [-0.2, -0.15) is 0 Å². The first kappa shape index (κ1) is 27.3. The molecule has 1 saturated heterocycles. The third-order valence-electron chi connectivity index (χ3n) is 7.49. The number of allylic oxidation sites excluding steroid dienone is 1. The molecule has 1 aliphatic carbocycles. The number of rotatable bonds is 11. The van der Waals surface area contributed by atoms with E-state index in [1.54, 1.807) is 0 Å². The monoisotopic (exact) mass is 622 g/mol. The predicted octanol–water partition coefficient (Wildman–Crippen LogP) is 9.26. The molecular formula is C34H39IO3. The molecule has 2 aliphatic rings. The zero-order valence-corrected chi connectivity index (χ0v) is 24.5. The minimum absolute atomic E-state index is 0.124. The van der Waals surface area contributed by atoms with Gasteiger partial charge in [-0.25, -0.2) is 0 Å². The number of benzene rings is 3. The highest BCUT2D eigenvalue weighted by Gasteiger charge is 2.22. The molecule has 1 unspecified atom stereocenters. The largest absolute Gasteiger partial charge is 0.494 e. The Labute approximate surface area is 241 Å². The van der Waals surface area contributed by atoms with E-state index in [1.165, 1.54) is 63.5 Å². The lowest BCUT2D eigenvalue weighted by molar-refractivity contribution is -0.105. The minimum atomic E-state index is -0.124. The molecular weight excluding hydrogens is 583 g/mol.